The van der Waals surface area contributed by atoms with E-state index in [9.17, 15) is 0 Å². The predicted molar refractivity (Wildman–Crippen MR) is 122 cm³/mol. The Kier molecular flexibility index (Phi) is 8.69. The molecule has 0 unspecified atom stereocenters. The van der Waals surface area contributed by atoms with Crippen LogP contribution in [0.3, 0.4) is 0 Å². The Bertz CT molecular complexity index is 646. The van der Waals surface area contributed by atoms with Crippen LogP contribution in [0.2, 0.25) is 0 Å². The predicted octanol–water partition coefficient (Wildman–Crippen LogP) is 6.07. The van der Waals surface area contributed by atoms with E-state index in [1.54, 1.807) is 0 Å². The molecule has 0 saturated carbocycles. The van der Waals surface area contributed by atoms with Crippen molar-refractivity contribution in [1.29, 1.82) is 0 Å². The SMILES string of the molecule is C=C[C@@H](C)[C@@H](N[C@@H](C)c1ccccc1)[C@H](N[C@@H](C)c1ccccc1)[C@H](C)C=C. The van der Waals surface area contributed by atoms with Crippen molar-refractivity contribution in [1.82, 2.24) is 10.6 Å². The van der Waals surface area contributed by atoms with E-state index in [-0.39, 0.29) is 24.2 Å². The Balaban J connectivity index is 2.26. The van der Waals surface area contributed by atoms with E-state index < -0.39 is 0 Å². The molecule has 0 spiro atoms. The summed E-state index contributed by atoms with van der Waals surface area (Å²) in [5.41, 5.74) is 2.59. The molecular weight excluding hydrogens is 340 g/mol. The highest BCUT2D eigenvalue weighted by Crippen LogP contribution is 2.24. The quantitative estimate of drug-likeness (QED) is 0.465. The molecule has 0 aliphatic rings. The van der Waals surface area contributed by atoms with E-state index in [0.717, 1.165) is 0 Å². The van der Waals surface area contributed by atoms with Crippen molar-refractivity contribution >= 4 is 0 Å². The molecule has 0 aliphatic carbocycles. The summed E-state index contributed by atoms with van der Waals surface area (Å²) >= 11 is 0. The van der Waals surface area contributed by atoms with Gasteiger partial charge < -0.3 is 10.6 Å². The fourth-order valence-corrected chi connectivity index (χ4v) is 3.71. The van der Waals surface area contributed by atoms with Crippen molar-refractivity contribution in [2.75, 3.05) is 0 Å². The maximum atomic E-state index is 4.07. The fourth-order valence-electron chi connectivity index (χ4n) is 3.71. The molecule has 0 saturated heterocycles. The third kappa shape index (κ3) is 5.92. The van der Waals surface area contributed by atoms with E-state index in [4.69, 9.17) is 0 Å². The fraction of sp³-hybridized carbons (Fsp3) is 0.385. The van der Waals surface area contributed by atoms with E-state index in [1.807, 2.05) is 12.2 Å². The van der Waals surface area contributed by atoms with Gasteiger partial charge in [0.25, 0.3) is 0 Å². The van der Waals surface area contributed by atoms with Gasteiger partial charge in [0.05, 0.1) is 0 Å². The summed E-state index contributed by atoms with van der Waals surface area (Å²) in [5, 5.41) is 7.75. The summed E-state index contributed by atoms with van der Waals surface area (Å²) in [5.74, 6) is 0.628. The summed E-state index contributed by atoms with van der Waals surface area (Å²) in [6, 6.07) is 22.2. The minimum absolute atomic E-state index is 0.229. The Morgan fingerprint density at radius 2 is 0.929 bits per heavy atom. The molecule has 2 aromatic carbocycles. The second-order valence-corrected chi connectivity index (χ2v) is 7.84. The normalized spacial score (nSPS) is 17.7. The van der Waals surface area contributed by atoms with Crippen LogP contribution in [0.1, 0.15) is 50.9 Å². The van der Waals surface area contributed by atoms with Gasteiger partial charge in [-0.25, -0.2) is 0 Å². The van der Waals surface area contributed by atoms with E-state index >= 15 is 0 Å². The van der Waals surface area contributed by atoms with Gasteiger partial charge in [0, 0.05) is 24.2 Å². The smallest absolute Gasteiger partial charge is 0.0295 e. The average Bonchev–Trinajstić information content (AvgIpc) is 2.75. The van der Waals surface area contributed by atoms with Crippen LogP contribution in [0.15, 0.2) is 86.0 Å². The van der Waals surface area contributed by atoms with E-state index in [2.05, 4.69) is 112 Å². The molecule has 0 heterocycles. The highest BCUT2D eigenvalue weighted by molar-refractivity contribution is 5.20. The van der Waals surface area contributed by atoms with Gasteiger partial charge >= 0.3 is 0 Å². The molecule has 2 N–H and O–H groups in total. The first-order valence-electron chi connectivity index (χ1n) is 10.3. The van der Waals surface area contributed by atoms with Crippen molar-refractivity contribution in [3.05, 3.63) is 97.1 Å². The summed E-state index contributed by atoms with van der Waals surface area (Å²) in [6.45, 7) is 17.1. The van der Waals surface area contributed by atoms with Gasteiger partial charge in [-0.1, -0.05) is 86.7 Å². The third-order valence-electron chi connectivity index (χ3n) is 5.75. The number of rotatable bonds is 11. The lowest BCUT2D eigenvalue weighted by Crippen LogP contribution is -2.54. The molecule has 0 aromatic heterocycles. The Hall–Kier alpha value is -2.16. The molecule has 28 heavy (non-hydrogen) atoms. The highest BCUT2D eigenvalue weighted by Gasteiger charge is 2.31. The zero-order valence-electron chi connectivity index (χ0n) is 17.8. The number of benzene rings is 2. The van der Waals surface area contributed by atoms with Crippen LogP contribution in [0, 0.1) is 11.8 Å². The van der Waals surface area contributed by atoms with E-state index in [1.165, 1.54) is 11.1 Å². The monoisotopic (exact) mass is 376 g/mol. The van der Waals surface area contributed by atoms with Crippen LogP contribution < -0.4 is 10.6 Å². The molecule has 0 aliphatic heterocycles. The molecule has 0 radical (unpaired) electrons. The van der Waals surface area contributed by atoms with Gasteiger partial charge in [-0.15, -0.1) is 13.2 Å². The summed E-state index contributed by atoms with van der Waals surface area (Å²) in [4.78, 5) is 0. The van der Waals surface area contributed by atoms with Gasteiger partial charge in [-0.05, 0) is 36.8 Å². The van der Waals surface area contributed by atoms with Crippen molar-refractivity contribution in [3.8, 4) is 0 Å². The van der Waals surface area contributed by atoms with Crippen LogP contribution in [0.4, 0.5) is 0 Å². The molecule has 0 amide bonds. The van der Waals surface area contributed by atoms with Crippen molar-refractivity contribution in [2.45, 2.75) is 51.9 Å². The second kappa shape index (κ2) is 11.0. The van der Waals surface area contributed by atoms with Crippen LogP contribution >= 0.6 is 0 Å². The van der Waals surface area contributed by atoms with Crippen molar-refractivity contribution < 1.29 is 0 Å². The standard InChI is InChI=1S/C26H36N2/c1-7-19(3)25(27-21(5)23-15-11-9-12-16-23)26(20(4)8-2)28-22(6)24-17-13-10-14-18-24/h7-22,25-28H,1-2H2,3-6H3/t19-,20-,21+,22+,25-,26-/m1/s1. The highest BCUT2D eigenvalue weighted by atomic mass is 15.1. The first-order valence-corrected chi connectivity index (χ1v) is 10.3. The van der Waals surface area contributed by atoms with E-state index in [0.29, 0.717) is 11.8 Å². The molecule has 6 atom stereocenters. The molecule has 0 bridgehead atoms. The minimum atomic E-state index is 0.229. The average molecular weight is 377 g/mol. The lowest BCUT2D eigenvalue weighted by molar-refractivity contribution is 0.247. The Morgan fingerprint density at radius 1 is 0.607 bits per heavy atom. The van der Waals surface area contributed by atoms with Gasteiger partial charge in [-0.3, -0.25) is 0 Å². The zero-order valence-corrected chi connectivity index (χ0v) is 17.8. The molecule has 2 nitrogen and oxygen atoms in total. The Morgan fingerprint density at radius 3 is 1.21 bits per heavy atom. The summed E-state index contributed by atoms with van der Waals surface area (Å²) in [6.07, 6.45) is 4.10. The van der Waals surface area contributed by atoms with Gasteiger partial charge in [0.1, 0.15) is 0 Å². The summed E-state index contributed by atoms with van der Waals surface area (Å²) < 4.78 is 0. The van der Waals surface area contributed by atoms with Crippen LogP contribution in [0.5, 0.6) is 0 Å². The van der Waals surface area contributed by atoms with Crippen molar-refractivity contribution in [3.63, 3.8) is 0 Å². The number of hydrogen-bond donors (Lipinski definition) is 2. The summed E-state index contributed by atoms with van der Waals surface area (Å²) in [7, 11) is 0. The second-order valence-electron chi connectivity index (χ2n) is 7.84. The lowest BCUT2D eigenvalue weighted by Gasteiger charge is -2.39. The van der Waals surface area contributed by atoms with Gasteiger partial charge in [0.2, 0.25) is 0 Å². The lowest BCUT2D eigenvalue weighted by atomic mass is 9.85. The zero-order chi connectivity index (χ0) is 20.5. The molecule has 2 aromatic rings. The first-order chi connectivity index (χ1) is 13.5. The number of hydrogen-bond acceptors (Lipinski definition) is 2. The maximum Gasteiger partial charge on any atom is 0.0295 e. The van der Waals surface area contributed by atoms with Crippen molar-refractivity contribution in [2.24, 2.45) is 11.8 Å². The minimum Gasteiger partial charge on any atom is -0.305 e. The van der Waals surface area contributed by atoms with Crippen LogP contribution in [-0.4, -0.2) is 12.1 Å². The molecule has 150 valence electrons. The van der Waals surface area contributed by atoms with Gasteiger partial charge in [-0.2, -0.15) is 0 Å². The molecular formula is C26H36N2. The largest absolute Gasteiger partial charge is 0.305 e. The topological polar surface area (TPSA) is 24.1 Å². The van der Waals surface area contributed by atoms with Gasteiger partial charge in [0.15, 0.2) is 0 Å². The molecule has 2 rings (SSSR count). The first kappa shape index (κ1) is 22.1. The maximum absolute atomic E-state index is 4.07. The number of nitrogens with one attached hydrogen (secondary N) is 2. The molecule has 2 heteroatoms. The third-order valence-corrected chi connectivity index (χ3v) is 5.75. The molecule has 0 fully saturated rings. The Labute approximate surface area is 171 Å². The van der Waals surface area contributed by atoms with Crippen LogP contribution in [-0.2, 0) is 0 Å². The van der Waals surface area contributed by atoms with Crippen LogP contribution in [0.25, 0.3) is 0 Å².